The van der Waals surface area contributed by atoms with Crippen molar-refractivity contribution in [1.29, 1.82) is 0 Å². The summed E-state index contributed by atoms with van der Waals surface area (Å²) in [5.74, 6) is 1.86. The highest BCUT2D eigenvalue weighted by atomic mass is 32.1. The van der Waals surface area contributed by atoms with E-state index in [1.807, 2.05) is 11.3 Å². The van der Waals surface area contributed by atoms with Gasteiger partial charge in [0.25, 0.3) is 0 Å². The van der Waals surface area contributed by atoms with Crippen molar-refractivity contribution < 1.29 is 9.47 Å². The molecular weight excluding hydrogens is 500 g/mol. The van der Waals surface area contributed by atoms with Gasteiger partial charge < -0.3 is 9.47 Å². The van der Waals surface area contributed by atoms with Gasteiger partial charge in [-0.25, -0.2) is 0 Å². The van der Waals surface area contributed by atoms with Crippen LogP contribution in [0.2, 0.25) is 0 Å². The first-order chi connectivity index (χ1) is 19.2. The van der Waals surface area contributed by atoms with Gasteiger partial charge in [-0.15, -0.1) is 11.3 Å². The fraction of sp³-hybridized carbons (Fsp3) is 0.412. The molecule has 2 aliphatic heterocycles. The predicted octanol–water partition coefficient (Wildman–Crippen LogP) is 7.55. The van der Waals surface area contributed by atoms with Gasteiger partial charge in [-0.1, -0.05) is 18.2 Å². The van der Waals surface area contributed by atoms with Gasteiger partial charge in [-0.3, -0.25) is 9.80 Å². The highest BCUT2D eigenvalue weighted by Gasteiger charge is 2.17. The van der Waals surface area contributed by atoms with E-state index in [2.05, 4.69) is 77.4 Å². The standard InChI is InChI=1S/C34H40N2O2S/c1-25-21-26(7-8-28(25)24-36-17-5-6-18-36)22-32-31-14-13-30(37-2)23-33(31)39-34(32)27-9-11-29(12-10-27)38-20-19-35-15-3-4-16-35/h7-14,21,23H,3-6,15-20,22,24H2,1-2H3. The van der Waals surface area contributed by atoms with Crippen molar-refractivity contribution in [3.63, 3.8) is 0 Å². The van der Waals surface area contributed by atoms with Gasteiger partial charge in [0.2, 0.25) is 0 Å². The van der Waals surface area contributed by atoms with Crippen molar-refractivity contribution in [1.82, 2.24) is 9.80 Å². The van der Waals surface area contributed by atoms with Crippen LogP contribution in [0.1, 0.15) is 47.9 Å². The number of aryl methyl sites for hydroxylation is 1. The van der Waals surface area contributed by atoms with E-state index in [4.69, 9.17) is 9.47 Å². The number of likely N-dealkylation sites (tertiary alicyclic amines) is 2. The third-order valence-electron chi connectivity index (χ3n) is 8.37. The van der Waals surface area contributed by atoms with Crippen LogP contribution < -0.4 is 9.47 Å². The number of thiophene rings is 1. The molecule has 0 aliphatic carbocycles. The third-order valence-corrected chi connectivity index (χ3v) is 9.62. The second-order valence-electron chi connectivity index (χ2n) is 11.1. The van der Waals surface area contributed by atoms with E-state index in [0.717, 1.165) is 37.6 Å². The summed E-state index contributed by atoms with van der Waals surface area (Å²) in [6.45, 7) is 10.00. The van der Waals surface area contributed by atoms with Crippen molar-refractivity contribution in [3.05, 3.63) is 82.9 Å². The van der Waals surface area contributed by atoms with Crippen LogP contribution in [-0.4, -0.2) is 56.2 Å². The summed E-state index contributed by atoms with van der Waals surface area (Å²) in [6, 6.07) is 22.3. The van der Waals surface area contributed by atoms with Crippen molar-refractivity contribution in [2.45, 2.75) is 45.6 Å². The molecule has 0 spiro atoms. The molecule has 0 saturated carbocycles. The topological polar surface area (TPSA) is 24.9 Å². The summed E-state index contributed by atoms with van der Waals surface area (Å²) in [6.07, 6.45) is 6.23. The molecule has 204 valence electrons. The van der Waals surface area contributed by atoms with Gasteiger partial charge in [0.05, 0.1) is 7.11 Å². The molecule has 3 heterocycles. The Labute approximate surface area is 237 Å². The molecule has 0 atom stereocenters. The number of ether oxygens (including phenoxy) is 2. The molecule has 3 aromatic carbocycles. The Morgan fingerprint density at radius 1 is 0.795 bits per heavy atom. The van der Waals surface area contributed by atoms with Crippen LogP contribution in [-0.2, 0) is 13.0 Å². The Hall–Kier alpha value is -2.86. The largest absolute Gasteiger partial charge is 0.497 e. The molecule has 0 amide bonds. The number of methoxy groups -OCH3 is 1. The average Bonchev–Trinajstić information content (AvgIpc) is 3.73. The Balaban J connectivity index is 1.24. The second kappa shape index (κ2) is 12.1. The molecule has 2 saturated heterocycles. The average molecular weight is 541 g/mol. The Kier molecular flexibility index (Phi) is 8.19. The molecule has 5 heteroatoms. The summed E-state index contributed by atoms with van der Waals surface area (Å²) in [7, 11) is 1.74. The number of rotatable bonds is 10. The second-order valence-corrected chi connectivity index (χ2v) is 12.2. The minimum absolute atomic E-state index is 0.750. The Morgan fingerprint density at radius 3 is 2.23 bits per heavy atom. The zero-order valence-corrected chi connectivity index (χ0v) is 24.2. The first-order valence-electron chi connectivity index (χ1n) is 14.5. The quantitative estimate of drug-likeness (QED) is 0.207. The van der Waals surface area contributed by atoms with Gasteiger partial charge in [-0.2, -0.15) is 0 Å². The van der Waals surface area contributed by atoms with E-state index in [1.165, 1.54) is 94.6 Å². The predicted molar refractivity (Wildman–Crippen MR) is 163 cm³/mol. The van der Waals surface area contributed by atoms with Crippen LogP contribution in [0.15, 0.2) is 60.7 Å². The maximum atomic E-state index is 6.09. The maximum Gasteiger partial charge on any atom is 0.120 e. The van der Waals surface area contributed by atoms with Crippen LogP contribution in [0.4, 0.5) is 0 Å². The highest BCUT2D eigenvalue weighted by Crippen LogP contribution is 2.41. The van der Waals surface area contributed by atoms with Gasteiger partial charge in [0.1, 0.15) is 18.1 Å². The molecule has 0 radical (unpaired) electrons. The lowest BCUT2D eigenvalue weighted by Crippen LogP contribution is -2.25. The molecule has 0 N–H and O–H groups in total. The van der Waals surface area contributed by atoms with Crippen LogP contribution in [0, 0.1) is 6.92 Å². The molecular formula is C34H40N2O2S. The monoisotopic (exact) mass is 540 g/mol. The van der Waals surface area contributed by atoms with E-state index in [-0.39, 0.29) is 0 Å². The normalized spacial score (nSPS) is 16.4. The summed E-state index contributed by atoms with van der Waals surface area (Å²) in [4.78, 5) is 6.41. The number of fused-ring (bicyclic) bond motifs is 1. The summed E-state index contributed by atoms with van der Waals surface area (Å²) in [5, 5.41) is 1.32. The summed E-state index contributed by atoms with van der Waals surface area (Å²) in [5.41, 5.74) is 6.88. The minimum Gasteiger partial charge on any atom is -0.497 e. The molecule has 1 aromatic heterocycles. The number of hydrogen-bond donors (Lipinski definition) is 0. The van der Waals surface area contributed by atoms with Crippen molar-refractivity contribution in [3.8, 4) is 21.9 Å². The maximum absolute atomic E-state index is 6.09. The van der Waals surface area contributed by atoms with E-state index in [9.17, 15) is 0 Å². The highest BCUT2D eigenvalue weighted by molar-refractivity contribution is 7.22. The fourth-order valence-electron chi connectivity index (χ4n) is 6.10. The SMILES string of the molecule is COc1ccc2c(Cc3ccc(CN4CCCC4)c(C)c3)c(-c3ccc(OCCN4CCCC4)cc3)sc2c1. The van der Waals surface area contributed by atoms with Crippen LogP contribution in [0.25, 0.3) is 20.5 Å². The zero-order chi connectivity index (χ0) is 26.6. The molecule has 2 aliphatic rings. The van der Waals surface area contributed by atoms with Crippen LogP contribution >= 0.6 is 11.3 Å². The Bertz CT molecular complexity index is 1400. The Morgan fingerprint density at radius 2 is 1.51 bits per heavy atom. The molecule has 4 aromatic rings. The lowest BCUT2D eigenvalue weighted by Gasteiger charge is -2.17. The zero-order valence-electron chi connectivity index (χ0n) is 23.4. The van der Waals surface area contributed by atoms with E-state index in [1.54, 1.807) is 7.11 Å². The van der Waals surface area contributed by atoms with Gasteiger partial charge in [-0.05, 0) is 141 Å². The molecule has 4 nitrogen and oxygen atoms in total. The van der Waals surface area contributed by atoms with Crippen LogP contribution in [0.5, 0.6) is 11.5 Å². The minimum atomic E-state index is 0.750. The molecule has 0 bridgehead atoms. The third kappa shape index (κ3) is 6.16. The van der Waals surface area contributed by atoms with E-state index < -0.39 is 0 Å². The molecule has 39 heavy (non-hydrogen) atoms. The molecule has 2 fully saturated rings. The van der Waals surface area contributed by atoms with Crippen LogP contribution in [0.3, 0.4) is 0 Å². The van der Waals surface area contributed by atoms with E-state index >= 15 is 0 Å². The summed E-state index contributed by atoms with van der Waals surface area (Å²) < 4.78 is 12.9. The van der Waals surface area contributed by atoms with Gasteiger partial charge in [0, 0.05) is 22.7 Å². The fourth-order valence-corrected chi connectivity index (χ4v) is 7.35. The molecule has 0 unspecified atom stereocenters. The van der Waals surface area contributed by atoms with Crippen molar-refractivity contribution in [2.75, 3.05) is 46.4 Å². The number of hydrogen-bond acceptors (Lipinski definition) is 5. The lowest BCUT2D eigenvalue weighted by molar-refractivity contribution is 0.238. The van der Waals surface area contributed by atoms with E-state index in [0.29, 0.717) is 0 Å². The number of benzene rings is 3. The smallest absolute Gasteiger partial charge is 0.120 e. The molecule has 6 rings (SSSR count). The van der Waals surface area contributed by atoms with Crippen molar-refractivity contribution in [2.24, 2.45) is 0 Å². The first-order valence-corrected chi connectivity index (χ1v) is 15.3. The lowest BCUT2D eigenvalue weighted by atomic mass is 9.96. The van der Waals surface area contributed by atoms with Gasteiger partial charge in [0.15, 0.2) is 0 Å². The van der Waals surface area contributed by atoms with Crippen molar-refractivity contribution >= 4 is 21.4 Å². The first kappa shape index (κ1) is 26.4. The van der Waals surface area contributed by atoms with Gasteiger partial charge >= 0.3 is 0 Å². The number of nitrogens with zero attached hydrogens (tertiary/aromatic N) is 2. The summed E-state index contributed by atoms with van der Waals surface area (Å²) >= 11 is 1.86.